The first-order valence-electron chi connectivity index (χ1n) is 8.47. The molecule has 20 heavy (non-hydrogen) atoms. The lowest BCUT2D eigenvalue weighted by Gasteiger charge is -2.21. The molecule has 4 heteroatoms. The Morgan fingerprint density at radius 1 is 1.05 bits per heavy atom. The lowest BCUT2D eigenvalue weighted by molar-refractivity contribution is 0.327. The van der Waals surface area contributed by atoms with Gasteiger partial charge in [-0.3, -0.25) is 4.68 Å². The number of nitrogens with two attached hydrogens (primary N) is 1. The summed E-state index contributed by atoms with van der Waals surface area (Å²) < 4.78 is 1.92. The molecule has 1 fully saturated rings. The number of aryl methyl sites for hydroxylation is 1. The van der Waals surface area contributed by atoms with Gasteiger partial charge in [-0.05, 0) is 12.3 Å². The number of nitrogens with zero attached hydrogens (tertiary/aromatic N) is 3. The van der Waals surface area contributed by atoms with E-state index in [9.17, 15) is 0 Å². The van der Waals surface area contributed by atoms with Gasteiger partial charge in [0.25, 0.3) is 0 Å². The van der Waals surface area contributed by atoms with E-state index in [4.69, 9.17) is 5.73 Å². The predicted octanol–water partition coefficient (Wildman–Crippen LogP) is 3.66. The van der Waals surface area contributed by atoms with Crippen LogP contribution in [-0.2, 0) is 13.1 Å². The third kappa shape index (κ3) is 5.61. The lowest BCUT2D eigenvalue weighted by atomic mass is 9.85. The number of rotatable bonds is 9. The molecular formula is C16H30N4. The molecule has 0 bridgehead atoms. The highest BCUT2D eigenvalue weighted by atomic mass is 15.4. The summed E-state index contributed by atoms with van der Waals surface area (Å²) >= 11 is 0. The van der Waals surface area contributed by atoms with Crippen molar-refractivity contribution >= 4 is 0 Å². The topological polar surface area (TPSA) is 56.7 Å². The van der Waals surface area contributed by atoms with E-state index in [2.05, 4.69) is 10.3 Å². The summed E-state index contributed by atoms with van der Waals surface area (Å²) in [5.74, 6) is 1.05. The predicted molar refractivity (Wildman–Crippen MR) is 82.2 cm³/mol. The van der Waals surface area contributed by atoms with E-state index in [1.54, 1.807) is 0 Å². The van der Waals surface area contributed by atoms with Crippen molar-refractivity contribution in [3.8, 4) is 0 Å². The van der Waals surface area contributed by atoms with Gasteiger partial charge in [-0.25, -0.2) is 0 Å². The van der Waals surface area contributed by atoms with E-state index in [-0.39, 0.29) is 0 Å². The van der Waals surface area contributed by atoms with Gasteiger partial charge in [0.15, 0.2) is 0 Å². The summed E-state index contributed by atoms with van der Waals surface area (Å²) in [6, 6.07) is 0. The van der Waals surface area contributed by atoms with E-state index in [0.717, 1.165) is 18.2 Å². The van der Waals surface area contributed by atoms with Crippen LogP contribution in [-0.4, -0.2) is 15.0 Å². The Labute approximate surface area is 123 Å². The minimum atomic E-state index is 0.487. The average molecular weight is 278 g/mol. The van der Waals surface area contributed by atoms with E-state index in [1.807, 2.05) is 10.9 Å². The molecule has 0 spiro atoms. The van der Waals surface area contributed by atoms with Crippen LogP contribution in [0, 0.1) is 5.92 Å². The van der Waals surface area contributed by atoms with Gasteiger partial charge in [0, 0.05) is 19.3 Å². The lowest BCUT2D eigenvalue weighted by Crippen LogP contribution is -2.05. The molecule has 0 aromatic carbocycles. The highest BCUT2D eigenvalue weighted by molar-refractivity contribution is 4.90. The number of hydrogen-bond donors (Lipinski definition) is 1. The Balaban J connectivity index is 1.43. The van der Waals surface area contributed by atoms with Gasteiger partial charge < -0.3 is 5.73 Å². The monoisotopic (exact) mass is 278 g/mol. The van der Waals surface area contributed by atoms with Crippen molar-refractivity contribution in [3.63, 3.8) is 0 Å². The molecule has 0 radical (unpaired) electrons. The minimum Gasteiger partial charge on any atom is -0.325 e. The number of hydrogen-bond acceptors (Lipinski definition) is 3. The first kappa shape index (κ1) is 15.5. The molecule has 0 aliphatic heterocycles. The Morgan fingerprint density at radius 3 is 2.55 bits per heavy atom. The molecule has 0 atom stereocenters. The summed E-state index contributed by atoms with van der Waals surface area (Å²) in [6.07, 6.45) is 17.6. The van der Waals surface area contributed by atoms with E-state index >= 15 is 0 Å². The van der Waals surface area contributed by atoms with Crippen molar-refractivity contribution in [2.45, 2.75) is 83.7 Å². The molecule has 0 unspecified atom stereocenters. The van der Waals surface area contributed by atoms with Crippen LogP contribution in [0.5, 0.6) is 0 Å². The largest absolute Gasteiger partial charge is 0.325 e. The molecule has 2 N–H and O–H groups in total. The maximum Gasteiger partial charge on any atom is 0.0962 e. The molecule has 2 rings (SSSR count). The van der Waals surface area contributed by atoms with Crippen LogP contribution in [0.1, 0.15) is 76.3 Å². The SMILES string of the molecule is NCc1cn(CCCCCCCC2CCCCC2)nn1. The van der Waals surface area contributed by atoms with Crippen LogP contribution in [0.2, 0.25) is 0 Å². The maximum absolute atomic E-state index is 5.52. The average Bonchev–Trinajstić information content (AvgIpc) is 2.95. The molecule has 1 saturated carbocycles. The van der Waals surface area contributed by atoms with Crippen LogP contribution < -0.4 is 5.73 Å². The molecule has 0 amide bonds. The Morgan fingerprint density at radius 2 is 1.80 bits per heavy atom. The van der Waals surface area contributed by atoms with Crippen LogP contribution in [0.15, 0.2) is 6.20 Å². The van der Waals surface area contributed by atoms with Crippen LogP contribution >= 0.6 is 0 Å². The molecular weight excluding hydrogens is 248 g/mol. The van der Waals surface area contributed by atoms with Crippen LogP contribution in [0.3, 0.4) is 0 Å². The maximum atomic E-state index is 5.52. The zero-order chi connectivity index (χ0) is 14.0. The van der Waals surface area contributed by atoms with Crippen molar-refractivity contribution in [2.24, 2.45) is 11.7 Å². The van der Waals surface area contributed by atoms with E-state index < -0.39 is 0 Å². The fourth-order valence-electron chi connectivity index (χ4n) is 3.25. The second kappa shape index (κ2) is 9.11. The van der Waals surface area contributed by atoms with Crippen molar-refractivity contribution in [1.29, 1.82) is 0 Å². The van der Waals surface area contributed by atoms with E-state index in [1.165, 1.54) is 70.6 Å². The van der Waals surface area contributed by atoms with Crippen LogP contribution in [0.4, 0.5) is 0 Å². The van der Waals surface area contributed by atoms with Gasteiger partial charge in [-0.1, -0.05) is 69.4 Å². The van der Waals surface area contributed by atoms with Crippen molar-refractivity contribution < 1.29 is 0 Å². The first-order chi connectivity index (χ1) is 9.88. The quantitative estimate of drug-likeness (QED) is 0.701. The number of unbranched alkanes of at least 4 members (excludes halogenated alkanes) is 4. The van der Waals surface area contributed by atoms with Gasteiger partial charge in [0.1, 0.15) is 0 Å². The van der Waals surface area contributed by atoms with Crippen molar-refractivity contribution in [1.82, 2.24) is 15.0 Å². The normalized spacial score (nSPS) is 16.6. The van der Waals surface area contributed by atoms with Gasteiger partial charge in [0.05, 0.1) is 5.69 Å². The van der Waals surface area contributed by atoms with Crippen LogP contribution in [0.25, 0.3) is 0 Å². The second-order valence-corrected chi connectivity index (χ2v) is 6.24. The number of aromatic nitrogens is 3. The van der Waals surface area contributed by atoms with Gasteiger partial charge in [0.2, 0.25) is 0 Å². The summed E-state index contributed by atoms with van der Waals surface area (Å²) in [5, 5.41) is 8.07. The third-order valence-corrected chi connectivity index (χ3v) is 4.52. The summed E-state index contributed by atoms with van der Waals surface area (Å²) in [6.45, 7) is 1.47. The molecule has 1 aliphatic rings. The third-order valence-electron chi connectivity index (χ3n) is 4.52. The Hall–Kier alpha value is -0.900. The molecule has 114 valence electrons. The second-order valence-electron chi connectivity index (χ2n) is 6.24. The highest BCUT2D eigenvalue weighted by Crippen LogP contribution is 2.28. The molecule has 4 nitrogen and oxygen atoms in total. The van der Waals surface area contributed by atoms with Crippen molar-refractivity contribution in [3.05, 3.63) is 11.9 Å². The first-order valence-corrected chi connectivity index (χ1v) is 8.47. The standard InChI is InChI=1S/C16H30N4/c17-13-16-14-20(19-18-16)12-8-3-1-2-5-9-15-10-6-4-7-11-15/h14-15H,1-13,17H2. The fraction of sp³-hybridized carbons (Fsp3) is 0.875. The zero-order valence-corrected chi connectivity index (χ0v) is 12.8. The molecule has 1 aromatic heterocycles. The fourth-order valence-corrected chi connectivity index (χ4v) is 3.25. The van der Waals surface area contributed by atoms with E-state index in [0.29, 0.717) is 6.54 Å². The molecule has 1 heterocycles. The summed E-state index contributed by atoms with van der Waals surface area (Å²) in [5.41, 5.74) is 6.41. The van der Waals surface area contributed by atoms with Crippen molar-refractivity contribution in [2.75, 3.05) is 0 Å². The smallest absolute Gasteiger partial charge is 0.0962 e. The summed E-state index contributed by atoms with van der Waals surface area (Å²) in [7, 11) is 0. The van der Waals surface area contributed by atoms with Gasteiger partial charge >= 0.3 is 0 Å². The van der Waals surface area contributed by atoms with Gasteiger partial charge in [-0.15, -0.1) is 5.10 Å². The van der Waals surface area contributed by atoms with Gasteiger partial charge in [-0.2, -0.15) is 0 Å². The molecule has 1 aromatic rings. The zero-order valence-electron chi connectivity index (χ0n) is 12.8. The Kier molecular flexibility index (Phi) is 7.06. The molecule has 0 saturated heterocycles. The summed E-state index contributed by atoms with van der Waals surface area (Å²) in [4.78, 5) is 0. The Bertz CT molecular complexity index is 355. The molecule has 1 aliphatic carbocycles. The highest BCUT2D eigenvalue weighted by Gasteiger charge is 2.12. The minimum absolute atomic E-state index is 0.487.